The number of nitrogens with two attached hydrogens (primary N) is 2. The van der Waals surface area contributed by atoms with Crippen molar-refractivity contribution in [3.63, 3.8) is 0 Å². The molecule has 0 aromatic heterocycles. The lowest BCUT2D eigenvalue weighted by Gasteiger charge is -2.35. The largest absolute Gasteiger partial charge is 0.338 e. The standard InChI is InChI=1S/C15H23N3O/c16-11-13-8-4-5-9-18(13)15(19)10-14(17)12-6-2-1-3-7-12/h1-3,6-7,13-14H,4-5,8-11,16-17H2. The molecule has 1 amide bonds. The van der Waals surface area contributed by atoms with Crippen LogP contribution in [0, 0.1) is 0 Å². The van der Waals surface area contributed by atoms with Gasteiger partial charge >= 0.3 is 0 Å². The van der Waals surface area contributed by atoms with Crippen LogP contribution in [0.1, 0.15) is 37.3 Å². The van der Waals surface area contributed by atoms with Gasteiger partial charge in [0.2, 0.25) is 5.91 Å². The highest BCUT2D eigenvalue weighted by Gasteiger charge is 2.26. The van der Waals surface area contributed by atoms with Crippen LogP contribution in [0.5, 0.6) is 0 Å². The van der Waals surface area contributed by atoms with Gasteiger partial charge in [0, 0.05) is 31.6 Å². The Bertz CT molecular complexity index is 407. The monoisotopic (exact) mass is 261 g/mol. The van der Waals surface area contributed by atoms with Crippen molar-refractivity contribution >= 4 is 5.91 Å². The zero-order valence-corrected chi connectivity index (χ0v) is 11.3. The zero-order valence-electron chi connectivity index (χ0n) is 11.3. The third-order valence-corrected chi connectivity index (χ3v) is 3.84. The predicted molar refractivity (Wildman–Crippen MR) is 76.4 cm³/mol. The summed E-state index contributed by atoms with van der Waals surface area (Å²) in [7, 11) is 0. The molecule has 1 aromatic carbocycles. The number of rotatable bonds is 4. The Kier molecular flexibility index (Phi) is 4.93. The molecule has 1 aliphatic heterocycles. The molecule has 4 nitrogen and oxygen atoms in total. The summed E-state index contributed by atoms with van der Waals surface area (Å²) in [6.45, 7) is 1.37. The first-order valence-electron chi connectivity index (χ1n) is 7.02. The molecule has 0 bridgehead atoms. The maximum Gasteiger partial charge on any atom is 0.224 e. The summed E-state index contributed by atoms with van der Waals surface area (Å²) in [5.74, 6) is 0.131. The topological polar surface area (TPSA) is 72.3 Å². The molecule has 1 aliphatic rings. The van der Waals surface area contributed by atoms with Gasteiger partial charge in [-0.25, -0.2) is 0 Å². The van der Waals surface area contributed by atoms with E-state index in [1.54, 1.807) is 0 Å². The van der Waals surface area contributed by atoms with E-state index >= 15 is 0 Å². The van der Waals surface area contributed by atoms with Gasteiger partial charge < -0.3 is 16.4 Å². The van der Waals surface area contributed by atoms with E-state index in [0.29, 0.717) is 13.0 Å². The summed E-state index contributed by atoms with van der Waals surface area (Å²) in [6.07, 6.45) is 3.61. The Morgan fingerprint density at radius 2 is 2.05 bits per heavy atom. The first-order valence-corrected chi connectivity index (χ1v) is 7.02. The molecule has 0 radical (unpaired) electrons. The van der Waals surface area contributed by atoms with E-state index < -0.39 is 0 Å². The number of amides is 1. The maximum atomic E-state index is 12.3. The number of carbonyl (C=O) groups is 1. The van der Waals surface area contributed by atoms with Gasteiger partial charge in [-0.15, -0.1) is 0 Å². The molecular formula is C15H23N3O. The van der Waals surface area contributed by atoms with E-state index in [1.165, 1.54) is 0 Å². The van der Waals surface area contributed by atoms with Crippen LogP contribution in [0.2, 0.25) is 0 Å². The molecule has 0 saturated carbocycles. The molecule has 2 unspecified atom stereocenters. The van der Waals surface area contributed by atoms with Crippen molar-refractivity contribution in [2.24, 2.45) is 11.5 Å². The maximum absolute atomic E-state index is 12.3. The number of hydrogen-bond acceptors (Lipinski definition) is 3. The zero-order chi connectivity index (χ0) is 13.7. The molecule has 2 atom stereocenters. The van der Waals surface area contributed by atoms with Crippen molar-refractivity contribution < 1.29 is 4.79 Å². The van der Waals surface area contributed by atoms with Crippen molar-refractivity contribution in [1.82, 2.24) is 4.90 Å². The SMILES string of the molecule is NCC1CCCCN1C(=O)CC(N)c1ccccc1. The van der Waals surface area contributed by atoms with Gasteiger partial charge in [0.1, 0.15) is 0 Å². The average Bonchev–Trinajstić information content (AvgIpc) is 2.48. The summed E-state index contributed by atoms with van der Waals surface area (Å²) in [4.78, 5) is 14.3. The smallest absolute Gasteiger partial charge is 0.224 e. The molecular weight excluding hydrogens is 238 g/mol. The molecule has 2 rings (SSSR count). The number of carbonyl (C=O) groups excluding carboxylic acids is 1. The lowest BCUT2D eigenvalue weighted by molar-refractivity contribution is -0.135. The van der Waals surface area contributed by atoms with Crippen LogP contribution < -0.4 is 11.5 Å². The molecule has 1 aromatic rings. The third kappa shape index (κ3) is 3.55. The predicted octanol–water partition coefficient (Wildman–Crippen LogP) is 1.42. The van der Waals surface area contributed by atoms with E-state index in [9.17, 15) is 4.79 Å². The third-order valence-electron chi connectivity index (χ3n) is 3.84. The van der Waals surface area contributed by atoms with E-state index in [1.807, 2.05) is 35.2 Å². The number of hydrogen-bond donors (Lipinski definition) is 2. The van der Waals surface area contributed by atoms with Crippen LogP contribution in [0.15, 0.2) is 30.3 Å². The molecule has 1 fully saturated rings. The Balaban J connectivity index is 1.96. The second-order valence-corrected chi connectivity index (χ2v) is 5.19. The summed E-state index contributed by atoms with van der Waals surface area (Å²) in [5, 5.41) is 0. The minimum atomic E-state index is -0.228. The Morgan fingerprint density at radius 3 is 2.74 bits per heavy atom. The summed E-state index contributed by atoms with van der Waals surface area (Å²) < 4.78 is 0. The van der Waals surface area contributed by atoms with Gasteiger partial charge in [0.05, 0.1) is 0 Å². The molecule has 4 N–H and O–H groups in total. The van der Waals surface area contributed by atoms with Gasteiger partial charge in [0.25, 0.3) is 0 Å². The Morgan fingerprint density at radius 1 is 1.32 bits per heavy atom. The van der Waals surface area contributed by atoms with Crippen molar-refractivity contribution in [3.05, 3.63) is 35.9 Å². The first kappa shape index (κ1) is 14.0. The molecule has 1 saturated heterocycles. The lowest BCUT2D eigenvalue weighted by Crippen LogP contribution is -2.48. The number of likely N-dealkylation sites (tertiary alicyclic amines) is 1. The number of nitrogens with zero attached hydrogens (tertiary/aromatic N) is 1. The Hall–Kier alpha value is -1.39. The van der Waals surface area contributed by atoms with E-state index in [2.05, 4.69) is 0 Å². The lowest BCUT2D eigenvalue weighted by atomic mass is 9.99. The van der Waals surface area contributed by atoms with Crippen molar-refractivity contribution in [3.8, 4) is 0 Å². The van der Waals surface area contributed by atoms with Crippen LogP contribution >= 0.6 is 0 Å². The van der Waals surface area contributed by atoms with Crippen LogP contribution in [-0.2, 0) is 4.79 Å². The number of piperidine rings is 1. The fraction of sp³-hybridized carbons (Fsp3) is 0.533. The normalized spacial score (nSPS) is 21.2. The minimum absolute atomic E-state index is 0.131. The van der Waals surface area contributed by atoms with Crippen molar-refractivity contribution in [2.45, 2.75) is 37.8 Å². The van der Waals surface area contributed by atoms with Crippen LogP contribution in [0.3, 0.4) is 0 Å². The number of benzene rings is 1. The first-order chi connectivity index (χ1) is 9.22. The highest BCUT2D eigenvalue weighted by molar-refractivity contribution is 5.77. The molecule has 19 heavy (non-hydrogen) atoms. The van der Waals surface area contributed by atoms with Crippen molar-refractivity contribution in [1.29, 1.82) is 0 Å². The highest BCUT2D eigenvalue weighted by Crippen LogP contribution is 2.20. The van der Waals surface area contributed by atoms with E-state index in [-0.39, 0.29) is 18.0 Å². The highest BCUT2D eigenvalue weighted by atomic mass is 16.2. The van der Waals surface area contributed by atoms with Gasteiger partial charge in [-0.05, 0) is 24.8 Å². The van der Waals surface area contributed by atoms with Crippen molar-refractivity contribution in [2.75, 3.05) is 13.1 Å². The fourth-order valence-electron chi connectivity index (χ4n) is 2.70. The summed E-state index contributed by atoms with van der Waals surface area (Å²) >= 11 is 0. The molecule has 4 heteroatoms. The average molecular weight is 261 g/mol. The van der Waals surface area contributed by atoms with Crippen LogP contribution in [0.25, 0.3) is 0 Å². The fourth-order valence-corrected chi connectivity index (χ4v) is 2.70. The Labute approximate surface area is 114 Å². The second-order valence-electron chi connectivity index (χ2n) is 5.19. The van der Waals surface area contributed by atoms with Gasteiger partial charge in [-0.3, -0.25) is 4.79 Å². The second kappa shape index (κ2) is 6.68. The summed E-state index contributed by atoms with van der Waals surface area (Å²) in [5.41, 5.74) is 12.9. The molecule has 1 heterocycles. The molecule has 104 valence electrons. The van der Waals surface area contributed by atoms with E-state index in [0.717, 1.165) is 31.4 Å². The van der Waals surface area contributed by atoms with Gasteiger partial charge in [-0.1, -0.05) is 30.3 Å². The summed E-state index contributed by atoms with van der Waals surface area (Å²) in [6, 6.07) is 9.75. The quantitative estimate of drug-likeness (QED) is 0.861. The van der Waals surface area contributed by atoms with Gasteiger partial charge in [0.15, 0.2) is 0 Å². The molecule has 0 aliphatic carbocycles. The molecule has 0 spiro atoms. The van der Waals surface area contributed by atoms with Crippen LogP contribution in [-0.4, -0.2) is 29.9 Å². The van der Waals surface area contributed by atoms with Gasteiger partial charge in [-0.2, -0.15) is 0 Å². The van der Waals surface area contributed by atoms with E-state index in [4.69, 9.17) is 11.5 Å². The van der Waals surface area contributed by atoms with Crippen LogP contribution in [0.4, 0.5) is 0 Å². The minimum Gasteiger partial charge on any atom is -0.338 e.